The van der Waals surface area contributed by atoms with Crippen molar-refractivity contribution in [3.63, 3.8) is 0 Å². The molecule has 2 nitrogen and oxygen atoms in total. The summed E-state index contributed by atoms with van der Waals surface area (Å²) in [5.74, 6) is 0.586. The molecule has 0 fully saturated rings. The van der Waals surface area contributed by atoms with E-state index in [2.05, 4.69) is 43.3 Å². The summed E-state index contributed by atoms with van der Waals surface area (Å²) in [6.07, 6.45) is 3.25. The SMILES string of the molecule is CC(C)c1ccc(CCC=NO)cc1. The van der Waals surface area contributed by atoms with Crippen LogP contribution in [0, 0.1) is 0 Å². The van der Waals surface area contributed by atoms with Crippen molar-refractivity contribution < 1.29 is 5.21 Å². The average molecular weight is 191 g/mol. The second-order valence-corrected chi connectivity index (χ2v) is 3.73. The van der Waals surface area contributed by atoms with Crippen molar-refractivity contribution in [1.82, 2.24) is 0 Å². The largest absolute Gasteiger partial charge is 0.411 e. The molecule has 0 spiro atoms. The van der Waals surface area contributed by atoms with Gasteiger partial charge in [0.05, 0.1) is 0 Å². The van der Waals surface area contributed by atoms with Crippen LogP contribution in [-0.2, 0) is 6.42 Å². The first-order valence-electron chi connectivity index (χ1n) is 4.98. The van der Waals surface area contributed by atoms with Crippen LogP contribution < -0.4 is 0 Å². The minimum absolute atomic E-state index is 0.586. The van der Waals surface area contributed by atoms with Crippen LogP contribution >= 0.6 is 0 Å². The van der Waals surface area contributed by atoms with E-state index < -0.39 is 0 Å². The van der Waals surface area contributed by atoms with Crippen LogP contribution in [0.4, 0.5) is 0 Å². The molecular weight excluding hydrogens is 174 g/mol. The van der Waals surface area contributed by atoms with Gasteiger partial charge in [-0.25, -0.2) is 0 Å². The zero-order valence-electron chi connectivity index (χ0n) is 8.77. The van der Waals surface area contributed by atoms with E-state index >= 15 is 0 Å². The molecule has 1 aromatic rings. The normalized spacial score (nSPS) is 11.4. The number of aryl methyl sites for hydroxylation is 1. The third kappa shape index (κ3) is 3.21. The molecule has 1 rings (SSSR count). The van der Waals surface area contributed by atoms with E-state index in [9.17, 15) is 0 Å². The second-order valence-electron chi connectivity index (χ2n) is 3.73. The molecular formula is C12H17NO. The highest BCUT2D eigenvalue weighted by Crippen LogP contribution is 2.15. The molecule has 0 aliphatic carbocycles. The Kier molecular flexibility index (Phi) is 4.17. The molecule has 0 aliphatic rings. The van der Waals surface area contributed by atoms with Crippen LogP contribution in [0.15, 0.2) is 29.4 Å². The average Bonchev–Trinajstić information content (AvgIpc) is 2.19. The van der Waals surface area contributed by atoms with Gasteiger partial charge in [-0.15, -0.1) is 5.16 Å². The molecule has 1 N–H and O–H groups in total. The predicted octanol–water partition coefficient (Wildman–Crippen LogP) is 3.20. The third-order valence-corrected chi connectivity index (χ3v) is 2.29. The zero-order chi connectivity index (χ0) is 10.4. The minimum atomic E-state index is 0.586. The van der Waals surface area contributed by atoms with Gasteiger partial charge in [0.15, 0.2) is 0 Å². The Labute approximate surface area is 85.3 Å². The number of hydrogen-bond donors (Lipinski definition) is 1. The molecule has 0 atom stereocenters. The summed E-state index contributed by atoms with van der Waals surface area (Å²) in [5.41, 5.74) is 2.65. The zero-order valence-corrected chi connectivity index (χ0v) is 8.77. The van der Waals surface area contributed by atoms with E-state index in [1.807, 2.05) is 0 Å². The smallest absolute Gasteiger partial charge is 0.0439 e. The van der Waals surface area contributed by atoms with Crippen LogP contribution in [0.5, 0.6) is 0 Å². The number of oxime groups is 1. The molecule has 0 radical (unpaired) electrons. The Hall–Kier alpha value is -1.31. The third-order valence-electron chi connectivity index (χ3n) is 2.29. The maximum atomic E-state index is 8.23. The van der Waals surface area contributed by atoms with Crippen molar-refractivity contribution in [2.24, 2.45) is 5.16 Å². The molecule has 76 valence electrons. The first-order valence-corrected chi connectivity index (χ1v) is 4.98. The van der Waals surface area contributed by atoms with Crippen LogP contribution in [0.25, 0.3) is 0 Å². The first-order chi connectivity index (χ1) is 6.74. The minimum Gasteiger partial charge on any atom is -0.411 e. The monoisotopic (exact) mass is 191 g/mol. The maximum Gasteiger partial charge on any atom is 0.0439 e. The van der Waals surface area contributed by atoms with E-state index in [0.29, 0.717) is 5.92 Å². The van der Waals surface area contributed by atoms with Crippen molar-refractivity contribution in [3.05, 3.63) is 35.4 Å². The molecule has 0 saturated heterocycles. The van der Waals surface area contributed by atoms with Gasteiger partial charge in [0, 0.05) is 6.21 Å². The Morgan fingerprint density at radius 2 is 1.93 bits per heavy atom. The fraction of sp³-hybridized carbons (Fsp3) is 0.417. The van der Waals surface area contributed by atoms with Crippen LogP contribution in [0.1, 0.15) is 37.3 Å². The van der Waals surface area contributed by atoms with Gasteiger partial charge in [0.1, 0.15) is 0 Å². The molecule has 2 heteroatoms. The lowest BCUT2D eigenvalue weighted by Crippen LogP contribution is -1.90. The topological polar surface area (TPSA) is 32.6 Å². The molecule has 14 heavy (non-hydrogen) atoms. The molecule has 0 bridgehead atoms. The van der Waals surface area contributed by atoms with Gasteiger partial charge in [0.25, 0.3) is 0 Å². The van der Waals surface area contributed by atoms with Gasteiger partial charge < -0.3 is 5.21 Å². The van der Waals surface area contributed by atoms with E-state index in [1.54, 1.807) is 0 Å². The Morgan fingerprint density at radius 3 is 2.43 bits per heavy atom. The van der Waals surface area contributed by atoms with Gasteiger partial charge in [-0.3, -0.25) is 0 Å². The van der Waals surface area contributed by atoms with Gasteiger partial charge in [-0.1, -0.05) is 38.1 Å². The molecule has 0 amide bonds. The molecule has 0 unspecified atom stereocenters. The highest BCUT2D eigenvalue weighted by atomic mass is 16.4. The first kappa shape index (κ1) is 10.8. The summed E-state index contributed by atoms with van der Waals surface area (Å²) in [7, 11) is 0. The molecule has 0 heterocycles. The van der Waals surface area contributed by atoms with Crippen molar-refractivity contribution in [2.75, 3.05) is 0 Å². The summed E-state index contributed by atoms with van der Waals surface area (Å²) >= 11 is 0. The number of nitrogens with zero attached hydrogens (tertiary/aromatic N) is 1. The molecule has 1 aromatic carbocycles. The van der Waals surface area contributed by atoms with Crippen molar-refractivity contribution in [2.45, 2.75) is 32.6 Å². The van der Waals surface area contributed by atoms with Gasteiger partial charge in [0.2, 0.25) is 0 Å². The van der Waals surface area contributed by atoms with E-state index in [-0.39, 0.29) is 0 Å². The highest BCUT2D eigenvalue weighted by Gasteiger charge is 1.98. The summed E-state index contributed by atoms with van der Waals surface area (Å²) in [6, 6.07) is 8.60. The van der Waals surface area contributed by atoms with E-state index in [4.69, 9.17) is 5.21 Å². The Bertz CT molecular complexity index is 288. The van der Waals surface area contributed by atoms with E-state index in [0.717, 1.165) is 12.8 Å². The number of benzene rings is 1. The number of rotatable bonds is 4. The van der Waals surface area contributed by atoms with Gasteiger partial charge in [-0.05, 0) is 29.9 Å². The Morgan fingerprint density at radius 1 is 1.29 bits per heavy atom. The fourth-order valence-corrected chi connectivity index (χ4v) is 1.36. The quantitative estimate of drug-likeness (QED) is 0.442. The molecule has 0 aromatic heterocycles. The Balaban J connectivity index is 2.55. The van der Waals surface area contributed by atoms with Crippen molar-refractivity contribution >= 4 is 6.21 Å². The number of hydrogen-bond acceptors (Lipinski definition) is 2. The molecule has 0 saturated carbocycles. The standard InChI is InChI=1S/C12H17NO/c1-10(2)12-7-5-11(6-8-12)4-3-9-13-14/h5-10,14H,3-4H2,1-2H3. The highest BCUT2D eigenvalue weighted by molar-refractivity contribution is 5.56. The summed E-state index contributed by atoms with van der Waals surface area (Å²) in [4.78, 5) is 0. The molecule has 0 aliphatic heterocycles. The van der Waals surface area contributed by atoms with Crippen LogP contribution in [0.2, 0.25) is 0 Å². The summed E-state index contributed by atoms with van der Waals surface area (Å²) in [5, 5.41) is 11.2. The lowest BCUT2D eigenvalue weighted by Gasteiger charge is -2.05. The van der Waals surface area contributed by atoms with Crippen LogP contribution in [-0.4, -0.2) is 11.4 Å². The fourth-order valence-electron chi connectivity index (χ4n) is 1.36. The second kappa shape index (κ2) is 5.43. The van der Waals surface area contributed by atoms with Gasteiger partial charge >= 0.3 is 0 Å². The van der Waals surface area contributed by atoms with E-state index in [1.165, 1.54) is 17.3 Å². The summed E-state index contributed by atoms with van der Waals surface area (Å²) < 4.78 is 0. The van der Waals surface area contributed by atoms with Crippen molar-refractivity contribution in [1.29, 1.82) is 0 Å². The lowest BCUT2D eigenvalue weighted by atomic mass is 10.0. The lowest BCUT2D eigenvalue weighted by molar-refractivity contribution is 0.320. The van der Waals surface area contributed by atoms with Crippen LogP contribution in [0.3, 0.4) is 0 Å². The predicted molar refractivity (Wildman–Crippen MR) is 59.1 cm³/mol. The maximum absolute atomic E-state index is 8.23. The summed E-state index contributed by atoms with van der Waals surface area (Å²) in [6.45, 7) is 4.38. The van der Waals surface area contributed by atoms with Crippen molar-refractivity contribution in [3.8, 4) is 0 Å². The van der Waals surface area contributed by atoms with Gasteiger partial charge in [-0.2, -0.15) is 0 Å².